The molecule has 1 aliphatic rings. The minimum absolute atomic E-state index is 0.347. The summed E-state index contributed by atoms with van der Waals surface area (Å²) in [6.07, 6.45) is -5.77. The summed E-state index contributed by atoms with van der Waals surface area (Å²) in [5.41, 5.74) is -0.0673. The van der Waals surface area contributed by atoms with Gasteiger partial charge in [0, 0.05) is 12.1 Å². The Labute approximate surface area is 181 Å². The number of aliphatic hydroxyl groups is 4. The fraction of sp³-hybridized carbons (Fsp3) is 0.286. The lowest BCUT2D eigenvalue weighted by molar-refractivity contribution is -0.277. The van der Waals surface area contributed by atoms with Gasteiger partial charge in [-0.05, 0) is 23.8 Å². The van der Waals surface area contributed by atoms with Crippen molar-refractivity contribution in [1.82, 2.24) is 0 Å². The summed E-state index contributed by atoms with van der Waals surface area (Å²) in [4.78, 5) is 12.7. The summed E-state index contributed by atoms with van der Waals surface area (Å²) < 4.78 is 10.6. The number of rotatable bonds is 6. The second-order valence-corrected chi connectivity index (χ2v) is 7.10. The van der Waals surface area contributed by atoms with Crippen LogP contribution in [0.5, 0.6) is 28.7 Å². The van der Waals surface area contributed by atoms with E-state index in [4.69, 9.17) is 9.47 Å². The van der Waals surface area contributed by atoms with Crippen LogP contribution >= 0.6 is 0 Å². The SMILES string of the molecule is O=C(C=Cc1ccc(O)c(O)c1)c1c(O)cc(O)cc1O[C@H]1O[C@H](CO)[C@H](O)[C@H](O)[C@H]1O. The number of allylic oxidation sites excluding steroid dienone is 1. The molecule has 11 nitrogen and oxygen atoms in total. The molecular formula is C21H22O11. The molecule has 0 spiro atoms. The van der Waals surface area contributed by atoms with Crippen LogP contribution in [0.1, 0.15) is 15.9 Å². The van der Waals surface area contributed by atoms with Crippen LogP contribution < -0.4 is 4.74 Å². The van der Waals surface area contributed by atoms with Crippen molar-refractivity contribution in [3.05, 3.63) is 47.5 Å². The van der Waals surface area contributed by atoms with Gasteiger partial charge in [-0.15, -0.1) is 0 Å². The van der Waals surface area contributed by atoms with Gasteiger partial charge in [-0.3, -0.25) is 4.79 Å². The number of hydrogen-bond acceptors (Lipinski definition) is 11. The normalized spacial score (nSPS) is 25.7. The van der Waals surface area contributed by atoms with E-state index in [2.05, 4.69) is 0 Å². The van der Waals surface area contributed by atoms with Gasteiger partial charge >= 0.3 is 0 Å². The number of phenols is 4. The highest BCUT2D eigenvalue weighted by Gasteiger charge is 2.45. The van der Waals surface area contributed by atoms with Crippen molar-refractivity contribution >= 4 is 11.9 Å². The number of hydrogen-bond donors (Lipinski definition) is 8. The van der Waals surface area contributed by atoms with Gasteiger partial charge in [0.15, 0.2) is 17.3 Å². The molecule has 2 aromatic carbocycles. The summed E-state index contributed by atoms with van der Waals surface area (Å²) >= 11 is 0. The fourth-order valence-corrected chi connectivity index (χ4v) is 3.12. The van der Waals surface area contributed by atoms with Crippen LogP contribution in [0, 0.1) is 0 Å². The topological polar surface area (TPSA) is 197 Å². The molecule has 5 atom stereocenters. The number of ether oxygens (including phenoxy) is 2. The summed E-state index contributed by atoms with van der Waals surface area (Å²) in [5.74, 6) is -3.10. The summed E-state index contributed by atoms with van der Waals surface area (Å²) in [6, 6.07) is 5.68. The molecule has 0 saturated carbocycles. The van der Waals surface area contributed by atoms with E-state index in [1.165, 1.54) is 24.3 Å². The van der Waals surface area contributed by atoms with Gasteiger partial charge in [0.1, 0.15) is 47.2 Å². The Morgan fingerprint density at radius 2 is 1.66 bits per heavy atom. The second kappa shape index (κ2) is 9.42. The van der Waals surface area contributed by atoms with Crippen molar-refractivity contribution in [3.63, 3.8) is 0 Å². The number of benzene rings is 2. The highest BCUT2D eigenvalue weighted by molar-refractivity contribution is 6.10. The Balaban J connectivity index is 1.90. The fourth-order valence-electron chi connectivity index (χ4n) is 3.12. The van der Waals surface area contributed by atoms with Crippen molar-refractivity contribution in [2.24, 2.45) is 0 Å². The van der Waals surface area contributed by atoms with E-state index >= 15 is 0 Å². The maximum absolute atomic E-state index is 12.7. The van der Waals surface area contributed by atoms with Crippen LogP contribution in [-0.4, -0.2) is 83.9 Å². The number of aromatic hydroxyl groups is 4. The van der Waals surface area contributed by atoms with Gasteiger partial charge in [-0.2, -0.15) is 0 Å². The van der Waals surface area contributed by atoms with E-state index < -0.39 is 71.7 Å². The Bertz CT molecular complexity index is 1020. The molecule has 172 valence electrons. The monoisotopic (exact) mass is 450 g/mol. The van der Waals surface area contributed by atoms with Crippen molar-refractivity contribution in [2.75, 3.05) is 6.61 Å². The zero-order valence-corrected chi connectivity index (χ0v) is 16.4. The van der Waals surface area contributed by atoms with E-state index in [0.29, 0.717) is 5.56 Å². The van der Waals surface area contributed by atoms with Gasteiger partial charge in [0.2, 0.25) is 6.29 Å². The van der Waals surface area contributed by atoms with E-state index in [1.807, 2.05) is 0 Å². The lowest BCUT2D eigenvalue weighted by Crippen LogP contribution is -2.60. The largest absolute Gasteiger partial charge is 0.508 e. The standard InChI is InChI=1S/C21H22O11/c22-8-16-18(28)19(29)20(30)21(32-16)31-15-7-10(23)6-14(27)17(15)12(25)4-2-9-1-3-11(24)13(26)5-9/h1-7,16,18-24,26-30H,8H2/t16-,18+,19+,20-,21+/m1/s1. The van der Waals surface area contributed by atoms with Crippen LogP contribution in [0.3, 0.4) is 0 Å². The number of aliphatic hydroxyl groups excluding tert-OH is 4. The molecule has 3 rings (SSSR count). The first-order chi connectivity index (χ1) is 15.1. The quantitative estimate of drug-likeness (QED) is 0.162. The summed E-state index contributed by atoms with van der Waals surface area (Å²) in [5, 5.41) is 78.1. The number of phenolic OH excluding ortho intramolecular Hbond substituents is 4. The molecule has 0 aliphatic carbocycles. The molecule has 8 N–H and O–H groups in total. The molecule has 11 heteroatoms. The average Bonchev–Trinajstić information content (AvgIpc) is 2.74. The van der Waals surface area contributed by atoms with Crippen molar-refractivity contribution in [2.45, 2.75) is 30.7 Å². The molecule has 1 saturated heterocycles. The number of carbonyl (C=O) groups is 1. The lowest BCUT2D eigenvalue weighted by atomic mass is 9.99. The van der Waals surface area contributed by atoms with Crippen molar-refractivity contribution in [3.8, 4) is 28.7 Å². The van der Waals surface area contributed by atoms with E-state index in [-0.39, 0.29) is 5.75 Å². The zero-order chi connectivity index (χ0) is 23.6. The molecule has 1 aliphatic heterocycles. The van der Waals surface area contributed by atoms with Crippen LogP contribution in [0.2, 0.25) is 0 Å². The van der Waals surface area contributed by atoms with Gasteiger partial charge in [0.25, 0.3) is 0 Å². The van der Waals surface area contributed by atoms with Gasteiger partial charge in [0.05, 0.1) is 6.61 Å². The summed E-state index contributed by atoms with van der Waals surface area (Å²) in [6.45, 7) is -0.704. The Morgan fingerprint density at radius 1 is 0.938 bits per heavy atom. The van der Waals surface area contributed by atoms with Crippen LogP contribution in [0.25, 0.3) is 6.08 Å². The molecule has 32 heavy (non-hydrogen) atoms. The smallest absolute Gasteiger partial charge is 0.229 e. The third-order valence-corrected chi connectivity index (χ3v) is 4.83. The zero-order valence-electron chi connectivity index (χ0n) is 16.4. The van der Waals surface area contributed by atoms with Gasteiger partial charge < -0.3 is 50.3 Å². The highest BCUT2D eigenvalue weighted by atomic mass is 16.7. The maximum Gasteiger partial charge on any atom is 0.229 e. The van der Waals surface area contributed by atoms with Crippen LogP contribution in [-0.2, 0) is 4.74 Å². The minimum Gasteiger partial charge on any atom is -0.508 e. The van der Waals surface area contributed by atoms with Gasteiger partial charge in [-0.1, -0.05) is 12.1 Å². The molecule has 1 heterocycles. The number of ketones is 1. The Hall–Kier alpha value is -3.35. The van der Waals surface area contributed by atoms with Crippen LogP contribution in [0.4, 0.5) is 0 Å². The first kappa shape index (κ1) is 23.3. The molecule has 2 aromatic rings. The van der Waals surface area contributed by atoms with Gasteiger partial charge in [-0.25, -0.2) is 0 Å². The van der Waals surface area contributed by atoms with Crippen molar-refractivity contribution in [1.29, 1.82) is 0 Å². The van der Waals surface area contributed by atoms with E-state index in [9.17, 15) is 45.6 Å². The Kier molecular flexibility index (Phi) is 6.87. The predicted molar refractivity (Wildman–Crippen MR) is 107 cm³/mol. The van der Waals surface area contributed by atoms with Crippen LogP contribution in [0.15, 0.2) is 36.4 Å². The third-order valence-electron chi connectivity index (χ3n) is 4.83. The second-order valence-electron chi connectivity index (χ2n) is 7.10. The maximum atomic E-state index is 12.7. The minimum atomic E-state index is -1.78. The Morgan fingerprint density at radius 3 is 2.31 bits per heavy atom. The molecule has 0 radical (unpaired) electrons. The van der Waals surface area contributed by atoms with Crippen molar-refractivity contribution < 1.29 is 55.1 Å². The highest BCUT2D eigenvalue weighted by Crippen LogP contribution is 2.36. The molecule has 0 aromatic heterocycles. The van der Waals surface area contributed by atoms with E-state index in [1.54, 1.807) is 0 Å². The molecule has 0 amide bonds. The molecule has 0 bridgehead atoms. The average molecular weight is 450 g/mol. The first-order valence-corrected chi connectivity index (χ1v) is 9.40. The first-order valence-electron chi connectivity index (χ1n) is 9.40. The molecule has 1 fully saturated rings. The number of carbonyl (C=O) groups excluding carboxylic acids is 1. The lowest BCUT2D eigenvalue weighted by Gasteiger charge is -2.39. The predicted octanol–water partition coefficient (Wildman–Crippen LogP) is -0.416. The van der Waals surface area contributed by atoms with E-state index in [0.717, 1.165) is 18.2 Å². The summed E-state index contributed by atoms with van der Waals surface area (Å²) in [7, 11) is 0. The third kappa shape index (κ3) is 4.77. The molecule has 0 unspecified atom stereocenters. The molecular weight excluding hydrogens is 428 g/mol.